The Labute approximate surface area is 156 Å². The number of carbonyl (C=O) groups excluding carboxylic acids is 1. The molecular formula is C19H18ClN5O. The fourth-order valence-corrected chi connectivity index (χ4v) is 3.48. The van der Waals surface area contributed by atoms with Gasteiger partial charge in [-0.2, -0.15) is 4.68 Å². The molecule has 0 aliphatic carbocycles. The molecule has 0 spiro atoms. The maximum Gasteiger partial charge on any atom is 0.255 e. The molecule has 0 bridgehead atoms. The third-order valence-electron chi connectivity index (χ3n) is 4.73. The fraction of sp³-hybridized carbons (Fsp3) is 0.263. The van der Waals surface area contributed by atoms with E-state index in [0.717, 1.165) is 22.8 Å². The number of hydrogen-bond donors (Lipinski definition) is 0. The van der Waals surface area contributed by atoms with Gasteiger partial charge in [-0.3, -0.25) is 4.79 Å². The third kappa shape index (κ3) is 2.76. The summed E-state index contributed by atoms with van der Waals surface area (Å²) in [6.45, 7) is 4.34. The number of rotatable bonds is 2. The van der Waals surface area contributed by atoms with E-state index in [4.69, 9.17) is 11.6 Å². The Morgan fingerprint density at radius 3 is 2.85 bits per heavy atom. The van der Waals surface area contributed by atoms with Crippen molar-refractivity contribution in [2.24, 2.45) is 0 Å². The van der Waals surface area contributed by atoms with Crippen molar-refractivity contribution in [3.63, 3.8) is 0 Å². The Morgan fingerprint density at radius 1 is 1.23 bits per heavy atom. The van der Waals surface area contributed by atoms with Crippen molar-refractivity contribution >= 4 is 17.5 Å². The number of halogens is 1. The van der Waals surface area contributed by atoms with Crippen LogP contribution in [0.4, 0.5) is 0 Å². The Bertz CT molecular complexity index is 969. The monoisotopic (exact) mass is 367 g/mol. The summed E-state index contributed by atoms with van der Waals surface area (Å²) < 4.78 is 1.76. The Morgan fingerprint density at radius 2 is 2.08 bits per heavy atom. The summed E-state index contributed by atoms with van der Waals surface area (Å²) in [6.07, 6.45) is 2.39. The van der Waals surface area contributed by atoms with Crippen molar-refractivity contribution in [2.45, 2.75) is 32.9 Å². The van der Waals surface area contributed by atoms with Crippen LogP contribution in [0.2, 0.25) is 5.02 Å². The van der Waals surface area contributed by atoms with Crippen LogP contribution in [0.5, 0.6) is 0 Å². The summed E-state index contributed by atoms with van der Waals surface area (Å²) in [5.74, 6) is 0.652. The Hall–Kier alpha value is -2.73. The lowest BCUT2D eigenvalue weighted by Crippen LogP contribution is -2.43. The molecule has 3 aromatic rings. The van der Waals surface area contributed by atoms with Crippen LogP contribution in [0.25, 0.3) is 5.82 Å². The third-order valence-corrected chi connectivity index (χ3v) is 5.24. The van der Waals surface area contributed by atoms with Gasteiger partial charge in [0.1, 0.15) is 5.69 Å². The number of aromatic nitrogens is 4. The summed E-state index contributed by atoms with van der Waals surface area (Å²) in [7, 11) is 0. The zero-order valence-corrected chi connectivity index (χ0v) is 15.3. The normalized spacial score (nSPS) is 16.4. The standard InChI is InChI=1S/C19H18ClN5O/c1-12-6-5-7-14(18(12)20)19(26)24-11-15-16(10-13(24)2)25(23-22-15)17-8-3-4-9-21-17/h3-9,13H,10-11H2,1-2H3/t13-/m0/s1. The molecule has 7 heteroatoms. The second-order valence-corrected chi connectivity index (χ2v) is 6.88. The Kier molecular flexibility index (Phi) is 4.20. The van der Waals surface area contributed by atoms with E-state index in [-0.39, 0.29) is 11.9 Å². The van der Waals surface area contributed by atoms with Gasteiger partial charge in [-0.15, -0.1) is 5.10 Å². The lowest BCUT2D eigenvalue weighted by atomic mass is 10.0. The Balaban J connectivity index is 1.66. The number of nitrogens with zero attached hydrogens (tertiary/aromatic N) is 5. The van der Waals surface area contributed by atoms with Crippen molar-refractivity contribution in [1.29, 1.82) is 0 Å². The van der Waals surface area contributed by atoms with Gasteiger partial charge in [0.25, 0.3) is 5.91 Å². The number of fused-ring (bicyclic) bond motifs is 1. The zero-order chi connectivity index (χ0) is 18.3. The highest BCUT2D eigenvalue weighted by Gasteiger charge is 2.32. The number of hydrogen-bond acceptors (Lipinski definition) is 4. The van der Waals surface area contributed by atoms with Crippen molar-refractivity contribution < 1.29 is 4.79 Å². The van der Waals surface area contributed by atoms with E-state index in [9.17, 15) is 4.79 Å². The molecule has 1 aromatic carbocycles. The van der Waals surface area contributed by atoms with Gasteiger partial charge in [0, 0.05) is 18.7 Å². The molecule has 0 saturated carbocycles. The molecule has 4 rings (SSSR count). The lowest BCUT2D eigenvalue weighted by molar-refractivity contribution is 0.0653. The van der Waals surface area contributed by atoms with Crippen LogP contribution in [0.15, 0.2) is 42.6 Å². The van der Waals surface area contributed by atoms with Gasteiger partial charge in [-0.1, -0.05) is 35.0 Å². The molecule has 132 valence electrons. The molecule has 0 radical (unpaired) electrons. The van der Waals surface area contributed by atoms with Gasteiger partial charge < -0.3 is 4.90 Å². The minimum absolute atomic E-state index is 0.00698. The minimum atomic E-state index is -0.0794. The predicted molar refractivity (Wildman–Crippen MR) is 98.4 cm³/mol. The summed E-state index contributed by atoms with van der Waals surface area (Å²) in [6, 6.07) is 11.2. The topological polar surface area (TPSA) is 63.9 Å². The summed E-state index contributed by atoms with van der Waals surface area (Å²) in [5, 5.41) is 9.03. The number of amides is 1. The predicted octanol–water partition coefficient (Wildman–Crippen LogP) is 3.21. The first-order chi connectivity index (χ1) is 12.6. The lowest BCUT2D eigenvalue weighted by Gasteiger charge is -2.33. The van der Waals surface area contributed by atoms with Crippen LogP contribution in [0, 0.1) is 6.92 Å². The second-order valence-electron chi connectivity index (χ2n) is 6.51. The summed E-state index contributed by atoms with van der Waals surface area (Å²) in [4.78, 5) is 19.2. The molecule has 2 aromatic heterocycles. The summed E-state index contributed by atoms with van der Waals surface area (Å²) in [5.41, 5.74) is 3.21. The van der Waals surface area contributed by atoms with Crippen molar-refractivity contribution in [3.8, 4) is 5.82 Å². The number of aryl methyl sites for hydroxylation is 1. The van der Waals surface area contributed by atoms with Gasteiger partial charge in [-0.05, 0) is 37.6 Å². The van der Waals surface area contributed by atoms with Crippen molar-refractivity contribution in [3.05, 3.63) is 70.1 Å². The molecule has 0 N–H and O–H groups in total. The minimum Gasteiger partial charge on any atom is -0.329 e. The first-order valence-corrected chi connectivity index (χ1v) is 8.85. The molecule has 1 aliphatic rings. The molecule has 0 unspecified atom stereocenters. The van der Waals surface area contributed by atoms with E-state index >= 15 is 0 Å². The van der Waals surface area contributed by atoms with Crippen molar-refractivity contribution in [2.75, 3.05) is 0 Å². The average molecular weight is 368 g/mol. The zero-order valence-electron chi connectivity index (χ0n) is 14.6. The molecule has 0 fully saturated rings. The average Bonchev–Trinajstić information content (AvgIpc) is 3.06. The molecule has 1 amide bonds. The number of pyridine rings is 1. The molecule has 3 heterocycles. The first-order valence-electron chi connectivity index (χ1n) is 8.47. The van der Waals surface area contributed by atoms with Crippen LogP contribution in [-0.2, 0) is 13.0 Å². The highest BCUT2D eigenvalue weighted by molar-refractivity contribution is 6.34. The highest BCUT2D eigenvalue weighted by atomic mass is 35.5. The smallest absolute Gasteiger partial charge is 0.255 e. The highest BCUT2D eigenvalue weighted by Crippen LogP contribution is 2.28. The molecule has 6 nitrogen and oxygen atoms in total. The van der Waals surface area contributed by atoms with Gasteiger partial charge in [-0.25, -0.2) is 4.98 Å². The van der Waals surface area contributed by atoms with Crippen LogP contribution in [0.3, 0.4) is 0 Å². The van der Waals surface area contributed by atoms with Gasteiger partial charge in [0.15, 0.2) is 5.82 Å². The largest absolute Gasteiger partial charge is 0.329 e. The van der Waals surface area contributed by atoms with Gasteiger partial charge in [0.2, 0.25) is 0 Å². The second kappa shape index (κ2) is 6.53. The van der Waals surface area contributed by atoms with Crippen LogP contribution < -0.4 is 0 Å². The number of carbonyl (C=O) groups is 1. The molecule has 26 heavy (non-hydrogen) atoms. The van der Waals surface area contributed by atoms with Gasteiger partial charge >= 0.3 is 0 Å². The van der Waals surface area contributed by atoms with E-state index in [1.165, 1.54) is 0 Å². The number of benzene rings is 1. The molecule has 0 saturated heterocycles. The fourth-order valence-electron chi connectivity index (χ4n) is 3.27. The maximum absolute atomic E-state index is 13.0. The molecular weight excluding hydrogens is 350 g/mol. The van der Waals surface area contributed by atoms with E-state index in [1.54, 1.807) is 21.8 Å². The first kappa shape index (κ1) is 16.7. The SMILES string of the molecule is Cc1cccc(C(=O)N2Cc3nnn(-c4ccccn4)c3C[C@@H]2C)c1Cl. The molecule has 1 aliphatic heterocycles. The quantitative estimate of drug-likeness (QED) is 0.697. The van der Waals surface area contributed by atoms with Crippen LogP contribution in [-0.4, -0.2) is 36.8 Å². The van der Waals surface area contributed by atoms with E-state index < -0.39 is 0 Å². The van der Waals surface area contributed by atoms with Crippen LogP contribution in [0.1, 0.15) is 34.2 Å². The maximum atomic E-state index is 13.0. The molecule has 1 atom stereocenters. The summed E-state index contributed by atoms with van der Waals surface area (Å²) >= 11 is 6.35. The van der Waals surface area contributed by atoms with Crippen LogP contribution >= 0.6 is 11.6 Å². The van der Waals surface area contributed by atoms with E-state index in [0.29, 0.717) is 23.6 Å². The van der Waals surface area contributed by atoms with Gasteiger partial charge in [0.05, 0.1) is 22.8 Å². The van der Waals surface area contributed by atoms with Crippen molar-refractivity contribution in [1.82, 2.24) is 24.9 Å². The van der Waals surface area contributed by atoms with E-state index in [2.05, 4.69) is 15.3 Å². The van der Waals surface area contributed by atoms with E-state index in [1.807, 2.05) is 44.2 Å².